The fourth-order valence-corrected chi connectivity index (χ4v) is 4.55. The highest BCUT2D eigenvalue weighted by Crippen LogP contribution is 2.56. The van der Waals surface area contributed by atoms with Crippen LogP contribution in [0.25, 0.3) is 0 Å². The first kappa shape index (κ1) is 14.3. The van der Waals surface area contributed by atoms with E-state index in [2.05, 4.69) is 26.1 Å². The van der Waals surface area contributed by atoms with Crippen molar-refractivity contribution in [2.24, 2.45) is 17.3 Å². The second-order valence-electron chi connectivity index (χ2n) is 6.93. The largest absolute Gasteiger partial charge is 0.375 e. The first-order chi connectivity index (χ1) is 8.53. The number of aliphatic hydroxyl groups is 1. The van der Waals surface area contributed by atoms with Crippen LogP contribution in [0.15, 0.2) is 0 Å². The summed E-state index contributed by atoms with van der Waals surface area (Å²) in [5.41, 5.74) is -0.517. The Morgan fingerprint density at radius 3 is 2.67 bits per heavy atom. The molecule has 0 spiro atoms. The van der Waals surface area contributed by atoms with Crippen LogP contribution in [0.4, 0.5) is 0 Å². The van der Waals surface area contributed by atoms with Gasteiger partial charge in [0, 0.05) is 5.41 Å². The van der Waals surface area contributed by atoms with Gasteiger partial charge in [0.15, 0.2) is 0 Å². The number of rotatable bonds is 4. The van der Waals surface area contributed by atoms with Gasteiger partial charge in [0.2, 0.25) is 0 Å². The van der Waals surface area contributed by atoms with Crippen LogP contribution < -0.4 is 5.32 Å². The normalized spacial score (nSPS) is 44.7. The van der Waals surface area contributed by atoms with Gasteiger partial charge in [-0.15, -0.1) is 0 Å². The zero-order chi connectivity index (χ0) is 13.2. The van der Waals surface area contributed by atoms with Crippen molar-refractivity contribution in [2.45, 2.75) is 77.9 Å². The highest BCUT2D eigenvalue weighted by Gasteiger charge is 2.55. The van der Waals surface area contributed by atoms with Crippen LogP contribution in [0.3, 0.4) is 0 Å². The Kier molecular flexibility index (Phi) is 4.38. The van der Waals surface area contributed by atoms with Gasteiger partial charge < -0.3 is 5.11 Å². The fourth-order valence-electron chi connectivity index (χ4n) is 4.55. The van der Waals surface area contributed by atoms with Gasteiger partial charge in [-0.3, -0.25) is 5.32 Å². The van der Waals surface area contributed by atoms with Gasteiger partial charge >= 0.3 is 0 Å². The molecule has 4 unspecified atom stereocenters. The Labute approximate surface area is 113 Å². The minimum absolute atomic E-state index is 0.0939. The molecule has 0 amide bonds. The maximum atomic E-state index is 11.2. The summed E-state index contributed by atoms with van der Waals surface area (Å²) in [4.78, 5) is 0. The van der Waals surface area contributed by atoms with E-state index in [1.807, 2.05) is 0 Å². The number of fused-ring (bicyclic) bond motifs is 1. The topological polar surface area (TPSA) is 32.3 Å². The van der Waals surface area contributed by atoms with Crippen LogP contribution in [-0.2, 0) is 0 Å². The molecule has 0 heterocycles. The van der Waals surface area contributed by atoms with E-state index in [-0.39, 0.29) is 5.41 Å². The monoisotopic (exact) mass is 253 g/mol. The maximum Gasteiger partial charge on any atom is 0.121 e. The van der Waals surface area contributed by atoms with Crippen molar-refractivity contribution in [3.8, 4) is 0 Å². The predicted octanol–water partition coefficient (Wildman–Crippen LogP) is 3.69. The van der Waals surface area contributed by atoms with Crippen molar-refractivity contribution in [1.29, 1.82) is 0 Å². The molecular weight excluding hydrogens is 222 g/mol. The van der Waals surface area contributed by atoms with E-state index in [0.717, 1.165) is 18.9 Å². The Morgan fingerprint density at radius 1 is 1.22 bits per heavy atom. The minimum Gasteiger partial charge on any atom is -0.375 e. The molecule has 0 aromatic heterocycles. The molecule has 2 fully saturated rings. The third kappa shape index (κ3) is 2.34. The quantitative estimate of drug-likeness (QED) is 0.591. The molecule has 0 aliphatic heterocycles. The molecule has 0 aromatic rings. The Hall–Kier alpha value is -0.0800. The van der Waals surface area contributed by atoms with Crippen molar-refractivity contribution in [3.05, 3.63) is 0 Å². The third-order valence-corrected chi connectivity index (χ3v) is 5.81. The molecule has 0 saturated heterocycles. The van der Waals surface area contributed by atoms with Crippen LogP contribution >= 0.6 is 0 Å². The second kappa shape index (κ2) is 5.50. The smallest absolute Gasteiger partial charge is 0.121 e. The van der Waals surface area contributed by atoms with Crippen LogP contribution in [0, 0.1) is 17.3 Å². The lowest BCUT2D eigenvalue weighted by atomic mass is 9.53. The zero-order valence-electron chi connectivity index (χ0n) is 12.5. The predicted molar refractivity (Wildman–Crippen MR) is 76.3 cm³/mol. The van der Waals surface area contributed by atoms with Crippen LogP contribution in [-0.4, -0.2) is 17.4 Å². The van der Waals surface area contributed by atoms with Crippen molar-refractivity contribution in [1.82, 2.24) is 5.32 Å². The van der Waals surface area contributed by atoms with Gasteiger partial charge in [-0.1, -0.05) is 40.0 Å². The Balaban J connectivity index is 2.13. The Morgan fingerprint density at radius 2 is 1.94 bits per heavy atom. The van der Waals surface area contributed by atoms with E-state index < -0.39 is 5.72 Å². The molecule has 2 nitrogen and oxygen atoms in total. The summed E-state index contributed by atoms with van der Waals surface area (Å²) in [6.45, 7) is 7.90. The molecule has 2 aliphatic carbocycles. The molecule has 4 atom stereocenters. The summed E-state index contributed by atoms with van der Waals surface area (Å²) >= 11 is 0. The molecule has 2 N–H and O–H groups in total. The maximum absolute atomic E-state index is 11.2. The van der Waals surface area contributed by atoms with Crippen molar-refractivity contribution in [2.75, 3.05) is 6.54 Å². The molecular formula is C16H31NO. The van der Waals surface area contributed by atoms with Gasteiger partial charge in [0.25, 0.3) is 0 Å². The van der Waals surface area contributed by atoms with Gasteiger partial charge in [-0.25, -0.2) is 0 Å². The zero-order valence-corrected chi connectivity index (χ0v) is 12.5. The summed E-state index contributed by atoms with van der Waals surface area (Å²) in [5, 5.41) is 14.7. The first-order valence-corrected chi connectivity index (χ1v) is 8.01. The SMILES string of the molecule is CCCCNC1(O)CCCC2C(C)CCCC21C. The number of hydrogen-bond donors (Lipinski definition) is 2. The molecule has 2 saturated carbocycles. The number of unbranched alkanes of at least 4 members (excludes halogenated alkanes) is 1. The van der Waals surface area contributed by atoms with Crippen LogP contribution in [0.5, 0.6) is 0 Å². The Bertz CT molecular complexity index is 280. The number of hydrogen-bond acceptors (Lipinski definition) is 2. The van der Waals surface area contributed by atoms with Crippen molar-refractivity contribution in [3.63, 3.8) is 0 Å². The summed E-state index contributed by atoms with van der Waals surface area (Å²) < 4.78 is 0. The molecule has 0 aromatic carbocycles. The second-order valence-corrected chi connectivity index (χ2v) is 6.93. The third-order valence-electron chi connectivity index (χ3n) is 5.81. The van der Waals surface area contributed by atoms with E-state index in [1.54, 1.807) is 0 Å². The number of nitrogens with one attached hydrogen (secondary N) is 1. The van der Waals surface area contributed by atoms with Gasteiger partial charge in [-0.2, -0.15) is 0 Å². The fraction of sp³-hybridized carbons (Fsp3) is 1.00. The van der Waals surface area contributed by atoms with Gasteiger partial charge in [0.1, 0.15) is 5.72 Å². The minimum atomic E-state index is -0.611. The molecule has 2 aliphatic rings. The lowest BCUT2D eigenvalue weighted by Crippen LogP contribution is -2.64. The van der Waals surface area contributed by atoms with Gasteiger partial charge in [-0.05, 0) is 50.5 Å². The van der Waals surface area contributed by atoms with Gasteiger partial charge in [0.05, 0.1) is 0 Å². The van der Waals surface area contributed by atoms with Crippen molar-refractivity contribution >= 4 is 0 Å². The molecule has 2 heteroatoms. The summed E-state index contributed by atoms with van der Waals surface area (Å²) in [6, 6.07) is 0. The van der Waals surface area contributed by atoms with Crippen LogP contribution in [0.2, 0.25) is 0 Å². The lowest BCUT2D eigenvalue weighted by molar-refractivity contribution is -0.183. The molecule has 2 rings (SSSR count). The summed E-state index contributed by atoms with van der Waals surface area (Å²) in [5.74, 6) is 1.49. The average molecular weight is 253 g/mol. The first-order valence-electron chi connectivity index (χ1n) is 8.01. The highest BCUT2D eigenvalue weighted by molar-refractivity contribution is 5.04. The summed E-state index contributed by atoms with van der Waals surface area (Å²) in [6.07, 6.45) is 9.62. The standard InChI is InChI=1S/C16H31NO/c1-4-5-12-17-16(18)11-7-9-14-13(2)8-6-10-15(14,16)3/h13-14,17-18H,4-12H2,1-3H3. The van der Waals surface area contributed by atoms with E-state index in [1.165, 1.54) is 44.9 Å². The average Bonchev–Trinajstić information content (AvgIpc) is 2.32. The van der Waals surface area contributed by atoms with Crippen LogP contribution in [0.1, 0.15) is 72.1 Å². The molecule has 106 valence electrons. The summed E-state index contributed by atoms with van der Waals surface area (Å²) in [7, 11) is 0. The molecule has 0 bridgehead atoms. The van der Waals surface area contributed by atoms with E-state index in [0.29, 0.717) is 5.92 Å². The molecule has 0 radical (unpaired) electrons. The highest BCUT2D eigenvalue weighted by atomic mass is 16.3. The molecule has 18 heavy (non-hydrogen) atoms. The lowest BCUT2D eigenvalue weighted by Gasteiger charge is -2.57. The van der Waals surface area contributed by atoms with E-state index in [4.69, 9.17) is 0 Å². The van der Waals surface area contributed by atoms with E-state index in [9.17, 15) is 5.11 Å². The van der Waals surface area contributed by atoms with E-state index >= 15 is 0 Å². The van der Waals surface area contributed by atoms with Crippen molar-refractivity contribution < 1.29 is 5.11 Å².